The minimum absolute atomic E-state index is 0.915. The van der Waals surface area contributed by atoms with E-state index in [1.807, 2.05) is 37.3 Å². The lowest BCUT2D eigenvalue weighted by Crippen LogP contribution is -1.93. The first kappa shape index (κ1) is 9.41. The predicted molar refractivity (Wildman–Crippen MR) is 61.0 cm³/mol. The molecular formula is C12H12OS. The molecule has 0 spiro atoms. The van der Waals surface area contributed by atoms with Crippen molar-refractivity contribution < 1.29 is 4.21 Å². The second-order valence-corrected chi connectivity index (χ2v) is 4.70. The van der Waals surface area contributed by atoms with E-state index in [0.717, 1.165) is 21.2 Å². The molecule has 14 heavy (non-hydrogen) atoms. The molecule has 72 valence electrons. The van der Waals surface area contributed by atoms with Gasteiger partial charge in [0.25, 0.3) is 0 Å². The molecular weight excluding hydrogens is 192 g/mol. The van der Waals surface area contributed by atoms with Crippen LogP contribution in [-0.2, 0) is 10.8 Å². The van der Waals surface area contributed by atoms with E-state index in [9.17, 15) is 4.21 Å². The van der Waals surface area contributed by atoms with Crippen molar-refractivity contribution in [2.24, 2.45) is 0 Å². The number of hydrogen-bond donors (Lipinski definition) is 0. The molecule has 0 aliphatic rings. The van der Waals surface area contributed by atoms with Crippen LogP contribution in [0.4, 0.5) is 0 Å². The summed E-state index contributed by atoms with van der Waals surface area (Å²) in [6.07, 6.45) is 1.73. The van der Waals surface area contributed by atoms with E-state index in [4.69, 9.17) is 0 Å². The van der Waals surface area contributed by atoms with Crippen LogP contribution in [0.5, 0.6) is 0 Å². The Kier molecular flexibility index (Phi) is 2.38. The summed E-state index contributed by atoms with van der Waals surface area (Å²) in [5.74, 6) is 0. The molecule has 0 aliphatic carbocycles. The zero-order valence-corrected chi connectivity index (χ0v) is 9.10. The molecule has 0 bridgehead atoms. The van der Waals surface area contributed by atoms with Crippen molar-refractivity contribution in [2.45, 2.75) is 11.8 Å². The van der Waals surface area contributed by atoms with E-state index < -0.39 is 10.8 Å². The fourth-order valence-electron chi connectivity index (χ4n) is 1.73. The Morgan fingerprint density at radius 3 is 2.50 bits per heavy atom. The highest BCUT2D eigenvalue weighted by Gasteiger charge is 2.06. The number of aryl methyl sites for hydroxylation is 1. The molecule has 0 fully saturated rings. The number of rotatable bonds is 1. The van der Waals surface area contributed by atoms with Crippen LogP contribution < -0.4 is 0 Å². The van der Waals surface area contributed by atoms with E-state index in [0.29, 0.717) is 0 Å². The molecule has 0 saturated heterocycles. The van der Waals surface area contributed by atoms with E-state index >= 15 is 0 Å². The summed E-state index contributed by atoms with van der Waals surface area (Å²) in [6, 6.07) is 12.2. The number of hydrogen-bond acceptors (Lipinski definition) is 1. The molecule has 2 aromatic carbocycles. The first-order chi connectivity index (χ1) is 6.70. The molecule has 0 N–H and O–H groups in total. The van der Waals surface area contributed by atoms with Crippen LogP contribution in [0.3, 0.4) is 0 Å². The van der Waals surface area contributed by atoms with Gasteiger partial charge in [0.05, 0.1) is 10.8 Å². The summed E-state index contributed by atoms with van der Waals surface area (Å²) in [7, 11) is -0.915. The topological polar surface area (TPSA) is 17.1 Å². The maximum absolute atomic E-state index is 11.6. The summed E-state index contributed by atoms with van der Waals surface area (Å²) in [4.78, 5) is 0.961. The van der Waals surface area contributed by atoms with Gasteiger partial charge in [0.15, 0.2) is 0 Å². The zero-order valence-electron chi connectivity index (χ0n) is 8.28. The van der Waals surface area contributed by atoms with Gasteiger partial charge in [-0.25, -0.2) is 0 Å². The van der Waals surface area contributed by atoms with E-state index in [-0.39, 0.29) is 0 Å². The quantitative estimate of drug-likeness (QED) is 0.698. The highest BCUT2D eigenvalue weighted by molar-refractivity contribution is 7.84. The van der Waals surface area contributed by atoms with Crippen LogP contribution in [0.1, 0.15) is 5.56 Å². The molecule has 1 nitrogen and oxygen atoms in total. The van der Waals surface area contributed by atoms with Crippen LogP contribution in [0.15, 0.2) is 41.3 Å². The normalized spacial score (nSPS) is 13.0. The van der Waals surface area contributed by atoms with Crippen molar-refractivity contribution in [1.29, 1.82) is 0 Å². The van der Waals surface area contributed by atoms with Gasteiger partial charge >= 0.3 is 0 Å². The van der Waals surface area contributed by atoms with Crippen molar-refractivity contribution in [1.82, 2.24) is 0 Å². The van der Waals surface area contributed by atoms with Crippen LogP contribution in [-0.4, -0.2) is 10.5 Å². The van der Waals surface area contributed by atoms with Gasteiger partial charge in [0.2, 0.25) is 0 Å². The summed E-state index contributed by atoms with van der Waals surface area (Å²) in [6.45, 7) is 2.00. The lowest BCUT2D eigenvalue weighted by molar-refractivity contribution is 0.687. The van der Waals surface area contributed by atoms with Crippen molar-refractivity contribution in [3.05, 3.63) is 42.0 Å². The fraction of sp³-hybridized carbons (Fsp3) is 0.167. The van der Waals surface area contributed by atoms with Crippen molar-refractivity contribution >= 4 is 21.6 Å². The summed E-state index contributed by atoms with van der Waals surface area (Å²) < 4.78 is 11.6. The first-order valence-electron chi connectivity index (χ1n) is 4.52. The molecule has 2 heteroatoms. The van der Waals surface area contributed by atoms with Gasteiger partial charge in [-0.3, -0.25) is 4.21 Å². The fourth-order valence-corrected chi connectivity index (χ4v) is 2.75. The lowest BCUT2D eigenvalue weighted by Gasteiger charge is -2.06. The van der Waals surface area contributed by atoms with Crippen LogP contribution in [0.2, 0.25) is 0 Å². The second kappa shape index (κ2) is 3.54. The monoisotopic (exact) mass is 204 g/mol. The third kappa shape index (κ3) is 1.46. The molecule has 0 saturated carbocycles. The van der Waals surface area contributed by atoms with Crippen molar-refractivity contribution in [3.8, 4) is 0 Å². The average Bonchev–Trinajstić information content (AvgIpc) is 2.17. The molecule has 0 heterocycles. The Morgan fingerprint density at radius 2 is 1.79 bits per heavy atom. The van der Waals surface area contributed by atoms with Crippen LogP contribution >= 0.6 is 0 Å². The average molecular weight is 204 g/mol. The largest absolute Gasteiger partial charge is 0.255 e. The molecule has 0 aromatic heterocycles. The van der Waals surface area contributed by atoms with Gasteiger partial charge < -0.3 is 0 Å². The summed E-state index contributed by atoms with van der Waals surface area (Å²) in [5.41, 5.74) is 1.10. The smallest absolute Gasteiger partial charge is 0.0507 e. The maximum Gasteiger partial charge on any atom is 0.0507 e. The number of fused-ring (bicyclic) bond motifs is 1. The van der Waals surface area contributed by atoms with Crippen molar-refractivity contribution in [2.75, 3.05) is 6.26 Å². The van der Waals surface area contributed by atoms with Gasteiger partial charge in [-0.1, -0.05) is 36.4 Å². The number of benzene rings is 2. The minimum Gasteiger partial charge on any atom is -0.255 e. The highest BCUT2D eigenvalue weighted by atomic mass is 32.2. The molecule has 0 amide bonds. The lowest BCUT2D eigenvalue weighted by atomic mass is 10.1. The molecule has 0 aliphatic heterocycles. The Bertz CT molecular complexity index is 503. The Labute approximate surface area is 86.2 Å². The van der Waals surface area contributed by atoms with Gasteiger partial charge in [0, 0.05) is 11.2 Å². The van der Waals surface area contributed by atoms with Gasteiger partial charge in [0.1, 0.15) is 0 Å². The summed E-state index contributed by atoms with van der Waals surface area (Å²) >= 11 is 0. The Morgan fingerprint density at radius 1 is 1.07 bits per heavy atom. The summed E-state index contributed by atoms with van der Waals surface area (Å²) in [5, 5.41) is 2.26. The third-order valence-corrected chi connectivity index (χ3v) is 3.48. The predicted octanol–water partition coefficient (Wildman–Crippen LogP) is 2.89. The SMILES string of the molecule is Cc1ccc2ccccc2c1[S@@](C)=O. The maximum atomic E-state index is 11.6. The standard InChI is InChI=1S/C12H12OS/c1-9-7-8-10-5-3-4-6-11(10)12(9)14(2)13/h3-8H,1-2H3/t14-/m1/s1. The molecule has 0 radical (unpaired) electrons. The highest BCUT2D eigenvalue weighted by Crippen LogP contribution is 2.24. The third-order valence-electron chi connectivity index (χ3n) is 2.36. The van der Waals surface area contributed by atoms with Gasteiger partial charge in [-0.15, -0.1) is 0 Å². The molecule has 1 atom stereocenters. The van der Waals surface area contributed by atoms with Crippen LogP contribution in [0.25, 0.3) is 10.8 Å². The minimum atomic E-state index is -0.915. The van der Waals surface area contributed by atoms with Crippen molar-refractivity contribution in [3.63, 3.8) is 0 Å². The zero-order chi connectivity index (χ0) is 10.1. The second-order valence-electron chi connectivity index (χ2n) is 3.39. The molecule has 2 aromatic rings. The van der Waals surface area contributed by atoms with Crippen LogP contribution in [0, 0.1) is 6.92 Å². The first-order valence-corrected chi connectivity index (χ1v) is 6.08. The van der Waals surface area contributed by atoms with E-state index in [2.05, 4.69) is 6.07 Å². The Balaban J connectivity index is 2.90. The van der Waals surface area contributed by atoms with Gasteiger partial charge in [-0.05, 0) is 23.3 Å². The van der Waals surface area contributed by atoms with E-state index in [1.165, 1.54) is 0 Å². The van der Waals surface area contributed by atoms with Gasteiger partial charge in [-0.2, -0.15) is 0 Å². The Hall–Kier alpha value is -1.15. The molecule has 2 rings (SSSR count). The van der Waals surface area contributed by atoms with E-state index in [1.54, 1.807) is 6.26 Å². The molecule has 0 unspecified atom stereocenters.